The number of halogens is 1. The highest BCUT2D eigenvalue weighted by Gasteiger charge is 2.29. The molecule has 0 radical (unpaired) electrons. The minimum absolute atomic E-state index is 0.0374. The lowest BCUT2D eigenvalue weighted by molar-refractivity contribution is -0.135. The van der Waals surface area contributed by atoms with Gasteiger partial charge in [0.15, 0.2) is 18.1 Å². The molecule has 38 heavy (non-hydrogen) atoms. The Labute approximate surface area is 221 Å². The van der Waals surface area contributed by atoms with Crippen LogP contribution in [0.4, 0.5) is 4.39 Å². The fourth-order valence-electron chi connectivity index (χ4n) is 4.85. The Hall–Kier alpha value is -3.95. The van der Waals surface area contributed by atoms with Crippen LogP contribution in [0.2, 0.25) is 0 Å². The van der Waals surface area contributed by atoms with E-state index in [0.717, 1.165) is 28.0 Å². The van der Waals surface area contributed by atoms with E-state index in [4.69, 9.17) is 20.2 Å². The van der Waals surface area contributed by atoms with E-state index in [0.29, 0.717) is 50.6 Å². The van der Waals surface area contributed by atoms with Gasteiger partial charge >= 0.3 is 0 Å². The lowest BCUT2D eigenvalue weighted by Gasteiger charge is -2.38. The average Bonchev–Trinajstić information content (AvgIpc) is 3.39. The van der Waals surface area contributed by atoms with Crippen LogP contribution in [-0.2, 0) is 17.8 Å². The fraction of sp³-hybridized carbons (Fsp3) is 0.310. The summed E-state index contributed by atoms with van der Waals surface area (Å²) in [4.78, 5) is 25.5. The first-order valence-corrected chi connectivity index (χ1v) is 12.7. The highest BCUT2D eigenvalue weighted by molar-refractivity contribution is 5.78. The fourth-order valence-corrected chi connectivity index (χ4v) is 4.85. The van der Waals surface area contributed by atoms with Crippen molar-refractivity contribution in [3.8, 4) is 11.5 Å². The summed E-state index contributed by atoms with van der Waals surface area (Å²) in [5.41, 5.74) is 9.56. The molecule has 0 saturated carbocycles. The van der Waals surface area contributed by atoms with Crippen LogP contribution >= 0.6 is 0 Å². The Balaban J connectivity index is 1.26. The molecule has 1 saturated heterocycles. The third-order valence-corrected chi connectivity index (χ3v) is 6.99. The normalized spacial score (nSPS) is 15.0. The maximum atomic E-state index is 13.5. The third kappa shape index (κ3) is 5.79. The molecule has 198 valence electrons. The van der Waals surface area contributed by atoms with Crippen LogP contribution in [0.5, 0.6) is 11.5 Å². The Morgan fingerprint density at radius 3 is 2.47 bits per heavy atom. The molecule has 1 unspecified atom stereocenters. The lowest BCUT2D eigenvalue weighted by Crippen LogP contribution is -2.51. The van der Waals surface area contributed by atoms with Gasteiger partial charge in [-0.15, -0.1) is 0 Å². The molecule has 1 amide bonds. The van der Waals surface area contributed by atoms with Gasteiger partial charge in [0.05, 0.1) is 24.2 Å². The van der Waals surface area contributed by atoms with Gasteiger partial charge in [0.2, 0.25) is 0 Å². The molecule has 3 aromatic carbocycles. The zero-order valence-electron chi connectivity index (χ0n) is 21.4. The van der Waals surface area contributed by atoms with Crippen molar-refractivity contribution in [1.29, 1.82) is 0 Å². The van der Waals surface area contributed by atoms with E-state index in [1.165, 1.54) is 12.1 Å². The maximum Gasteiger partial charge on any atom is 0.260 e. The van der Waals surface area contributed by atoms with Crippen LogP contribution in [-0.4, -0.2) is 65.6 Å². The number of hydrogen-bond acceptors (Lipinski definition) is 6. The zero-order valence-corrected chi connectivity index (χ0v) is 21.4. The second kappa shape index (κ2) is 11.6. The number of carbonyl (C=O) groups is 1. The summed E-state index contributed by atoms with van der Waals surface area (Å²) in [6.45, 7) is 2.80. The second-order valence-corrected chi connectivity index (χ2v) is 9.38. The van der Waals surface area contributed by atoms with Gasteiger partial charge in [0, 0.05) is 32.7 Å². The third-order valence-electron chi connectivity index (χ3n) is 6.99. The first-order chi connectivity index (χ1) is 18.5. The van der Waals surface area contributed by atoms with Gasteiger partial charge in [0.25, 0.3) is 5.91 Å². The summed E-state index contributed by atoms with van der Waals surface area (Å²) in [6, 6.07) is 20.0. The number of carbonyl (C=O) groups excluding carboxylic acids is 1. The van der Waals surface area contributed by atoms with Crippen LogP contribution in [0.25, 0.3) is 11.0 Å². The number of benzene rings is 3. The number of piperazine rings is 1. The SMILES string of the molecule is COc1ccc(CN)cc1OCC(=O)N1CCN(C(Cc2ccc(F)cc2)c2nc3ccccc3[nH]2)CC1. The predicted molar refractivity (Wildman–Crippen MR) is 143 cm³/mol. The topological polar surface area (TPSA) is 96.7 Å². The van der Waals surface area contributed by atoms with Gasteiger partial charge < -0.3 is 25.1 Å². The standard InChI is InChI=1S/C29H32FN5O3/c1-37-26-11-8-21(18-31)17-27(26)38-19-28(36)35-14-12-34(13-15-35)25(16-20-6-9-22(30)10-7-20)29-32-23-4-2-3-5-24(23)33-29/h2-11,17,25H,12-16,18-19,31H2,1H3,(H,32,33). The minimum Gasteiger partial charge on any atom is -0.493 e. The van der Waals surface area contributed by atoms with Gasteiger partial charge in [-0.25, -0.2) is 9.37 Å². The Morgan fingerprint density at radius 2 is 1.76 bits per heavy atom. The Morgan fingerprint density at radius 1 is 1.03 bits per heavy atom. The van der Waals surface area contributed by atoms with E-state index < -0.39 is 0 Å². The number of para-hydroxylation sites is 2. The molecular weight excluding hydrogens is 485 g/mol. The Kier molecular flexibility index (Phi) is 7.86. The summed E-state index contributed by atoms with van der Waals surface area (Å²) < 4.78 is 24.7. The van der Waals surface area contributed by atoms with Gasteiger partial charge in [0.1, 0.15) is 11.6 Å². The monoisotopic (exact) mass is 517 g/mol. The summed E-state index contributed by atoms with van der Waals surface area (Å²) in [5.74, 6) is 1.60. The van der Waals surface area contributed by atoms with Crippen molar-refractivity contribution < 1.29 is 18.7 Å². The van der Waals surface area contributed by atoms with E-state index in [-0.39, 0.29) is 24.4 Å². The minimum atomic E-state index is -0.254. The zero-order chi connectivity index (χ0) is 26.5. The highest BCUT2D eigenvalue weighted by Crippen LogP contribution is 2.29. The summed E-state index contributed by atoms with van der Waals surface area (Å²) in [5, 5.41) is 0. The molecule has 1 aliphatic heterocycles. The molecule has 0 aliphatic carbocycles. The molecule has 1 aromatic heterocycles. The number of fused-ring (bicyclic) bond motifs is 1. The van der Waals surface area contributed by atoms with Crippen molar-refractivity contribution >= 4 is 16.9 Å². The first kappa shape index (κ1) is 25.7. The number of nitrogens with zero attached hydrogens (tertiary/aromatic N) is 3. The van der Waals surface area contributed by atoms with Crippen molar-refractivity contribution in [3.05, 3.63) is 89.5 Å². The van der Waals surface area contributed by atoms with E-state index >= 15 is 0 Å². The maximum absolute atomic E-state index is 13.5. The average molecular weight is 518 g/mol. The van der Waals surface area contributed by atoms with Crippen LogP contribution in [0, 0.1) is 5.82 Å². The second-order valence-electron chi connectivity index (χ2n) is 9.38. The Bertz CT molecular complexity index is 1350. The summed E-state index contributed by atoms with van der Waals surface area (Å²) >= 11 is 0. The molecule has 8 nitrogen and oxygen atoms in total. The van der Waals surface area contributed by atoms with Crippen molar-refractivity contribution in [3.63, 3.8) is 0 Å². The predicted octanol–water partition coefficient (Wildman–Crippen LogP) is 3.68. The van der Waals surface area contributed by atoms with Gasteiger partial charge in [-0.2, -0.15) is 0 Å². The number of rotatable bonds is 9. The first-order valence-electron chi connectivity index (χ1n) is 12.7. The van der Waals surface area contributed by atoms with Crippen molar-refractivity contribution in [2.45, 2.75) is 19.0 Å². The molecule has 0 bridgehead atoms. The number of imidazole rings is 1. The number of amides is 1. The van der Waals surface area contributed by atoms with E-state index in [2.05, 4.69) is 9.88 Å². The molecule has 2 heterocycles. The van der Waals surface area contributed by atoms with Crippen LogP contribution in [0.3, 0.4) is 0 Å². The number of aromatic amines is 1. The molecule has 1 aliphatic rings. The molecule has 9 heteroatoms. The molecule has 5 rings (SSSR count). The van der Waals surface area contributed by atoms with Crippen LogP contribution in [0.1, 0.15) is 23.0 Å². The number of aromatic nitrogens is 2. The van der Waals surface area contributed by atoms with Crippen LogP contribution < -0.4 is 15.2 Å². The number of nitrogens with two attached hydrogens (primary N) is 1. The number of ether oxygens (including phenoxy) is 2. The van der Waals surface area contributed by atoms with E-state index in [1.807, 2.05) is 47.4 Å². The number of methoxy groups -OCH3 is 1. The van der Waals surface area contributed by atoms with Crippen molar-refractivity contribution in [2.24, 2.45) is 5.73 Å². The molecule has 1 fully saturated rings. The van der Waals surface area contributed by atoms with Gasteiger partial charge in [-0.1, -0.05) is 30.3 Å². The lowest BCUT2D eigenvalue weighted by atomic mass is 10.0. The highest BCUT2D eigenvalue weighted by atomic mass is 19.1. The van der Waals surface area contributed by atoms with Crippen molar-refractivity contribution in [1.82, 2.24) is 19.8 Å². The molecule has 4 aromatic rings. The molecule has 1 atom stereocenters. The molecular formula is C29H32FN5O3. The number of H-pyrrole nitrogens is 1. The summed E-state index contributed by atoms with van der Waals surface area (Å²) in [6.07, 6.45) is 0.675. The smallest absolute Gasteiger partial charge is 0.260 e. The van der Waals surface area contributed by atoms with Crippen LogP contribution in [0.15, 0.2) is 66.7 Å². The quantitative estimate of drug-likeness (QED) is 0.352. The van der Waals surface area contributed by atoms with Gasteiger partial charge in [-0.05, 0) is 53.9 Å². The van der Waals surface area contributed by atoms with Crippen molar-refractivity contribution in [2.75, 3.05) is 39.9 Å². The van der Waals surface area contributed by atoms with E-state index in [9.17, 15) is 9.18 Å². The summed E-state index contributed by atoms with van der Waals surface area (Å²) in [7, 11) is 1.57. The van der Waals surface area contributed by atoms with E-state index in [1.54, 1.807) is 19.2 Å². The molecule has 0 spiro atoms. The van der Waals surface area contributed by atoms with Gasteiger partial charge in [-0.3, -0.25) is 9.69 Å². The number of hydrogen-bond donors (Lipinski definition) is 2. The largest absolute Gasteiger partial charge is 0.493 e. The molecule has 3 N–H and O–H groups in total. The number of nitrogens with one attached hydrogen (secondary N) is 1.